The average molecular weight is 441 g/mol. The summed E-state index contributed by atoms with van der Waals surface area (Å²) in [6.45, 7) is 4.80. The van der Waals surface area contributed by atoms with Crippen LogP contribution in [-0.2, 0) is 9.47 Å². The number of rotatable bonds is 4. The van der Waals surface area contributed by atoms with Gasteiger partial charge < -0.3 is 23.7 Å². The molecule has 5 rings (SSSR count). The van der Waals surface area contributed by atoms with Gasteiger partial charge in [0.2, 0.25) is 0 Å². The molecule has 0 amide bonds. The highest BCUT2D eigenvalue weighted by atomic mass is 16.5. The quantitative estimate of drug-likeness (QED) is 0.637. The van der Waals surface area contributed by atoms with Crippen LogP contribution in [-0.4, -0.2) is 52.5 Å². The Morgan fingerprint density at radius 3 is 2.69 bits per heavy atom. The van der Waals surface area contributed by atoms with Gasteiger partial charge in [0.25, 0.3) is 0 Å². The monoisotopic (exact) mass is 440 g/mol. The summed E-state index contributed by atoms with van der Waals surface area (Å²) in [5.74, 6) is 1.78. The van der Waals surface area contributed by atoms with Gasteiger partial charge in [0.05, 0.1) is 35.5 Å². The van der Waals surface area contributed by atoms with Gasteiger partial charge in [-0.05, 0) is 63.6 Å². The van der Waals surface area contributed by atoms with E-state index in [1.165, 1.54) is 0 Å². The molecule has 0 spiro atoms. The molecule has 1 aliphatic carbocycles. The molecule has 1 aliphatic heterocycles. The van der Waals surface area contributed by atoms with Gasteiger partial charge in [-0.25, -0.2) is 4.98 Å². The summed E-state index contributed by atoms with van der Waals surface area (Å²) in [5, 5.41) is 17.7. The molecule has 1 aromatic carbocycles. The maximum Gasteiger partial charge on any atom is 0.141 e. The van der Waals surface area contributed by atoms with Crippen molar-refractivity contribution in [2.45, 2.75) is 70.4 Å². The zero-order valence-electron chi connectivity index (χ0n) is 19.0. The summed E-state index contributed by atoms with van der Waals surface area (Å²) in [6.07, 6.45) is 4.59. The predicted molar refractivity (Wildman–Crippen MR) is 120 cm³/mol. The van der Waals surface area contributed by atoms with Crippen molar-refractivity contribution < 1.29 is 19.1 Å². The van der Waals surface area contributed by atoms with Gasteiger partial charge in [-0.3, -0.25) is 5.32 Å². The van der Waals surface area contributed by atoms with Crippen molar-refractivity contribution in [1.82, 2.24) is 20.0 Å². The molecule has 0 radical (unpaired) electrons. The van der Waals surface area contributed by atoms with Crippen molar-refractivity contribution in [3.8, 4) is 11.1 Å². The second-order valence-electron chi connectivity index (χ2n) is 9.01. The average Bonchev–Trinajstić information content (AvgIpc) is 3.26. The number of aryl methyl sites for hydroxylation is 2. The minimum atomic E-state index is -0.696. The molecule has 8 nitrogen and oxygen atoms in total. The number of hydrogen-bond acceptors (Lipinski definition) is 7. The normalized spacial score (nSPS) is 27.0. The van der Waals surface area contributed by atoms with E-state index >= 15 is 0 Å². The molecule has 8 heteroatoms. The Bertz CT molecular complexity index is 1060. The Hall–Kier alpha value is -2.26. The highest BCUT2D eigenvalue weighted by Gasteiger charge is 2.30. The van der Waals surface area contributed by atoms with Crippen molar-refractivity contribution in [3.63, 3.8) is 0 Å². The van der Waals surface area contributed by atoms with Crippen LogP contribution in [0, 0.1) is 13.8 Å². The smallest absolute Gasteiger partial charge is 0.141 e. The van der Waals surface area contributed by atoms with Crippen molar-refractivity contribution >= 4 is 11.0 Å². The molecule has 1 saturated carbocycles. The molecule has 2 N–H and O–H groups in total. The number of nitrogens with one attached hydrogen (secondary N) is 1. The highest BCUT2D eigenvalue weighted by molar-refractivity contribution is 5.84. The fourth-order valence-electron chi connectivity index (χ4n) is 5.30. The fraction of sp³-hybridized carbons (Fsp3) is 0.583. The number of aromatic nitrogens is 3. The Morgan fingerprint density at radius 1 is 1.16 bits per heavy atom. The number of aliphatic hydroxyl groups excluding tert-OH is 1. The van der Waals surface area contributed by atoms with Gasteiger partial charge in [0.15, 0.2) is 0 Å². The SMILES string of the molecule is COC1CCC(n2c([C@@H]3CCOCC(O)N3)nc3cc(-c4c(C)noc4C)ccc32)CC1. The lowest BCUT2D eigenvalue weighted by atomic mass is 9.92. The minimum Gasteiger partial charge on any atom is -0.381 e. The van der Waals surface area contributed by atoms with Crippen LogP contribution >= 0.6 is 0 Å². The van der Waals surface area contributed by atoms with Crippen LogP contribution in [0.1, 0.15) is 61.5 Å². The number of methoxy groups -OCH3 is 1. The largest absolute Gasteiger partial charge is 0.381 e. The number of benzene rings is 1. The van der Waals surface area contributed by atoms with Gasteiger partial charge in [0, 0.05) is 25.3 Å². The summed E-state index contributed by atoms with van der Waals surface area (Å²) in [5.41, 5.74) is 5.04. The maximum atomic E-state index is 10.3. The first-order valence-corrected chi connectivity index (χ1v) is 11.5. The summed E-state index contributed by atoms with van der Waals surface area (Å²) < 4.78 is 18.9. The topological polar surface area (TPSA) is 94.6 Å². The first-order chi connectivity index (χ1) is 15.5. The fourth-order valence-corrected chi connectivity index (χ4v) is 5.30. The van der Waals surface area contributed by atoms with Crippen LogP contribution in [0.3, 0.4) is 0 Å². The van der Waals surface area contributed by atoms with E-state index in [1.807, 2.05) is 13.8 Å². The third-order valence-electron chi connectivity index (χ3n) is 6.91. The lowest BCUT2D eigenvalue weighted by molar-refractivity contribution is 0.0374. The molecule has 3 aromatic rings. The van der Waals surface area contributed by atoms with E-state index in [1.54, 1.807) is 7.11 Å². The number of ether oxygens (including phenoxy) is 2. The van der Waals surface area contributed by atoms with Gasteiger partial charge in [0.1, 0.15) is 17.8 Å². The Morgan fingerprint density at radius 2 is 1.97 bits per heavy atom. The lowest BCUT2D eigenvalue weighted by Gasteiger charge is -2.31. The molecular weight excluding hydrogens is 408 g/mol. The zero-order valence-corrected chi connectivity index (χ0v) is 19.0. The highest BCUT2D eigenvalue weighted by Crippen LogP contribution is 2.37. The van der Waals surface area contributed by atoms with Gasteiger partial charge in [-0.2, -0.15) is 0 Å². The number of imidazole rings is 1. The minimum absolute atomic E-state index is 0.0671. The second kappa shape index (κ2) is 8.94. The van der Waals surface area contributed by atoms with Gasteiger partial charge in [-0.15, -0.1) is 0 Å². The summed E-state index contributed by atoms with van der Waals surface area (Å²) >= 11 is 0. The van der Waals surface area contributed by atoms with E-state index < -0.39 is 6.23 Å². The molecule has 0 bridgehead atoms. The lowest BCUT2D eigenvalue weighted by Crippen LogP contribution is -2.35. The number of aliphatic hydroxyl groups is 1. The summed E-state index contributed by atoms with van der Waals surface area (Å²) in [6, 6.07) is 6.72. The number of nitrogens with zero attached hydrogens (tertiary/aromatic N) is 3. The maximum absolute atomic E-state index is 10.3. The molecule has 2 aromatic heterocycles. The van der Waals surface area contributed by atoms with Crippen LogP contribution in [0.25, 0.3) is 22.2 Å². The Balaban J connectivity index is 1.59. The first kappa shape index (κ1) is 21.6. The first-order valence-electron chi connectivity index (χ1n) is 11.5. The molecule has 172 valence electrons. The van der Waals surface area contributed by atoms with Crippen LogP contribution in [0.15, 0.2) is 22.7 Å². The van der Waals surface area contributed by atoms with Crippen molar-refractivity contribution in [2.24, 2.45) is 0 Å². The van der Waals surface area contributed by atoms with Crippen LogP contribution in [0.5, 0.6) is 0 Å². The molecule has 2 fully saturated rings. The molecule has 32 heavy (non-hydrogen) atoms. The van der Waals surface area contributed by atoms with Crippen molar-refractivity contribution in [2.75, 3.05) is 20.3 Å². The third-order valence-corrected chi connectivity index (χ3v) is 6.91. The van der Waals surface area contributed by atoms with E-state index in [-0.39, 0.29) is 6.04 Å². The van der Waals surface area contributed by atoms with Gasteiger partial charge in [-0.1, -0.05) is 11.2 Å². The van der Waals surface area contributed by atoms with Crippen molar-refractivity contribution in [1.29, 1.82) is 0 Å². The standard InChI is InChI=1S/C24H32N4O4/c1-14-23(15(2)32-27-14)16-4-9-21-20(12-16)26-24(19-10-11-31-13-22(29)25-19)28(21)17-5-7-18(30-3)8-6-17/h4,9,12,17-19,22,25,29H,5-8,10-11,13H2,1-3H3/t17?,18?,19-,22?/m0/s1. The van der Waals surface area contributed by atoms with E-state index in [0.29, 0.717) is 25.4 Å². The third kappa shape index (κ3) is 3.96. The Kier molecular flexibility index (Phi) is 6.03. The molecule has 2 aliphatic rings. The number of fused-ring (bicyclic) bond motifs is 1. The molecule has 3 heterocycles. The van der Waals surface area contributed by atoms with Crippen LogP contribution in [0.2, 0.25) is 0 Å². The van der Waals surface area contributed by atoms with Crippen LogP contribution < -0.4 is 5.32 Å². The molecule has 1 saturated heterocycles. The molecule has 2 atom stereocenters. The molecule has 1 unspecified atom stereocenters. The molecular formula is C24H32N4O4. The number of hydrogen-bond donors (Lipinski definition) is 2. The summed E-state index contributed by atoms with van der Waals surface area (Å²) in [4.78, 5) is 5.11. The summed E-state index contributed by atoms with van der Waals surface area (Å²) in [7, 11) is 1.80. The van der Waals surface area contributed by atoms with E-state index in [4.69, 9.17) is 19.0 Å². The van der Waals surface area contributed by atoms with Gasteiger partial charge >= 0.3 is 0 Å². The van der Waals surface area contributed by atoms with E-state index in [9.17, 15) is 5.11 Å². The van der Waals surface area contributed by atoms with Crippen molar-refractivity contribution in [3.05, 3.63) is 35.5 Å². The van der Waals surface area contributed by atoms with Crippen LogP contribution in [0.4, 0.5) is 0 Å². The Labute approximate surface area is 187 Å². The zero-order chi connectivity index (χ0) is 22.2. The van der Waals surface area contributed by atoms with E-state index in [2.05, 4.69) is 33.2 Å². The van der Waals surface area contributed by atoms with E-state index in [0.717, 1.165) is 71.5 Å². The predicted octanol–water partition coefficient (Wildman–Crippen LogP) is 3.81. The second-order valence-corrected chi connectivity index (χ2v) is 9.01.